The van der Waals surface area contributed by atoms with Crippen molar-refractivity contribution < 1.29 is 19.4 Å². The molecule has 0 fully saturated rings. The van der Waals surface area contributed by atoms with Gasteiger partial charge in [-0.3, -0.25) is 0 Å². The first-order valence-corrected chi connectivity index (χ1v) is 5.79. The van der Waals surface area contributed by atoms with E-state index in [1.54, 1.807) is 19.9 Å². The predicted octanol–water partition coefficient (Wildman–Crippen LogP) is 1.25. The van der Waals surface area contributed by atoms with Crippen molar-refractivity contribution >= 4 is 23.0 Å². The van der Waals surface area contributed by atoms with Gasteiger partial charge in [-0.2, -0.15) is 0 Å². The molecular formula is C12H13N3O4. The van der Waals surface area contributed by atoms with E-state index in [1.165, 1.54) is 16.8 Å². The van der Waals surface area contributed by atoms with Gasteiger partial charge in [0.05, 0.1) is 17.7 Å². The summed E-state index contributed by atoms with van der Waals surface area (Å²) in [5.74, 6) is -1.44. The summed E-state index contributed by atoms with van der Waals surface area (Å²) in [4.78, 5) is 22.5. The molecule has 1 N–H and O–H groups in total. The van der Waals surface area contributed by atoms with Crippen molar-refractivity contribution in [3.63, 3.8) is 0 Å². The first-order valence-electron chi connectivity index (χ1n) is 5.79. The lowest BCUT2D eigenvalue weighted by Gasteiger charge is -2.10. The van der Waals surface area contributed by atoms with Crippen LogP contribution in [0, 0.1) is 0 Å². The third-order valence-electron chi connectivity index (χ3n) is 2.71. The quantitative estimate of drug-likeness (QED) is 0.834. The topological polar surface area (TPSA) is 94.3 Å². The molecule has 1 unspecified atom stereocenters. The van der Waals surface area contributed by atoms with Gasteiger partial charge >= 0.3 is 11.9 Å². The number of esters is 1. The highest BCUT2D eigenvalue weighted by molar-refractivity contribution is 5.92. The van der Waals surface area contributed by atoms with Crippen LogP contribution in [0.1, 0.15) is 30.2 Å². The first-order chi connectivity index (χ1) is 9.04. The normalized spacial score (nSPS) is 12.3. The lowest BCUT2D eigenvalue weighted by Crippen LogP contribution is -2.20. The molecule has 19 heavy (non-hydrogen) atoms. The highest BCUT2D eigenvalue weighted by Crippen LogP contribution is 2.18. The number of carboxylic acid groups (broad SMARTS) is 1. The average Bonchev–Trinajstić information content (AvgIpc) is 2.80. The van der Waals surface area contributed by atoms with Gasteiger partial charge in [-0.05, 0) is 32.0 Å². The van der Waals surface area contributed by atoms with Crippen molar-refractivity contribution in [3.8, 4) is 0 Å². The van der Waals surface area contributed by atoms with E-state index in [0.717, 1.165) is 0 Å². The molecule has 0 aliphatic heterocycles. The van der Waals surface area contributed by atoms with Crippen molar-refractivity contribution in [2.45, 2.75) is 19.9 Å². The summed E-state index contributed by atoms with van der Waals surface area (Å²) in [5.41, 5.74) is 1.14. The Bertz CT molecular complexity index is 635. The molecule has 0 aliphatic carbocycles. The Kier molecular flexibility index (Phi) is 3.46. The number of carboxylic acids is 1. The number of hydrogen-bond donors (Lipinski definition) is 1. The van der Waals surface area contributed by atoms with E-state index in [-0.39, 0.29) is 5.56 Å². The van der Waals surface area contributed by atoms with Crippen LogP contribution in [-0.2, 0) is 9.53 Å². The van der Waals surface area contributed by atoms with Crippen LogP contribution in [0.3, 0.4) is 0 Å². The fourth-order valence-corrected chi connectivity index (χ4v) is 1.72. The zero-order chi connectivity index (χ0) is 14.0. The molecule has 100 valence electrons. The number of benzene rings is 1. The second-order valence-electron chi connectivity index (χ2n) is 3.97. The standard InChI is InChI=1S/C12H13N3O4/c1-3-19-12(18)7(2)15-10-5-4-8(11(16)17)6-9(10)13-14-15/h4-7H,3H2,1-2H3,(H,16,17). The molecule has 0 aliphatic rings. The maximum absolute atomic E-state index is 11.7. The van der Waals surface area contributed by atoms with E-state index in [0.29, 0.717) is 17.6 Å². The molecule has 1 aromatic carbocycles. The summed E-state index contributed by atoms with van der Waals surface area (Å²) in [6.45, 7) is 3.67. The Hall–Kier alpha value is -2.44. The number of aromatic carboxylic acids is 1. The molecule has 7 nitrogen and oxygen atoms in total. The Labute approximate surface area is 108 Å². The molecule has 2 rings (SSSR count). The fourth-order valence-electron chi connectivity index (χ4n) is 1.72. The van der Waals surface area contributed by atoms with Crippen LogP contribution in [0.2, 0.25) is 0 Å². The van der Waals surface area contributed by atoms with E-state index in [2.05, 4.69) is 10.3 Å². The second kappa shape index (κ2) is 5.05. The third-order valence-corrected chi connectivity index (χ3v) is 2.71. The molecule has 0 amide bonds. The minimum absolute atomic E-state index is 0.128. The molecule has 0 saturated carbocycles. The number of ether oxygens (including phenoxy) is 1. The summed E-state index contributed by atoms with van der Waals surface area (Å²) in [5, 5.41) is 16.6. The van der Waals surface area contributed by atoms with Gasteiger partial charge < -0.3 is 9.84 Å². The summed E-state index contributed by atoms with van der Waals surface area (Å²) < 4.78 is 6.33. The maximum Gasteiger partial charge on any atom is 0.335 e. The van der Waals surface area contributed by atoms with Crippen LogP contribution < -0.4 is 0 Å². The van der Waals surface area contributed by atoms with Gasteiger partial charge in [-0.15, -0.1) is 5.10 Å². The van der Waals surface area contributed by atoms with Gasteiger partial charge in [0.1, 0.15) is 11.6 Å². The molecule has 1 heterocycles. The van der Waals surface area contributed by atoms with Crippen molar-refractivity contribution in [2.24, 2.45) is 0 Å². The Morgan fingerprint density at radius 1 is 1.47 bits per heavy atom. The number of nitrogens with zero attached hydrogens (tertiary/aromatic N) is 3. The van der Waals surface area contributed by atoms with E-state index in [1.807, 2.05) is 0 Å². The van der Waals surface area contributed by atoms with Crippen LogP contribution >= 0.6 is 0 Å². The smallest absolute Gasteiger partial charge is 0.335 e. The summed E-state index contributed by atoms with van der Waals surface area (Å²) in [6, 6.07) is 3.83. The molecule has 2 aromatic rings. The highest BCUT2D eigenvalue weighted by Gasteiger charge is 2.20. The van der Waals surface area contributed by atoms with E-state index < -0.39 is 18.0 Å². The van der Waals surface area contributed by atoms with E-state index in [4.69, 9.17) is 9.84 Å². The maximum atomic E-state index is 11.7. The molecule has 7 heteroatoms. The number of carbonyl (C=O) groups is 2. The largest absolute Gasteiger partial charge is 0.478 e. The monoisotopic (exact) mass is 263 g/mol. The number of carbonyl (C=O) groups excluding carboxylic acids is 1. The molecule has 0 spiro atoms. The molecule has 1 aromatic heterocycles. The lowest BCUT2D eigenvalue weighted by molar-refractivity contribution is -0.146. The summed E-state index contributed by atoms with van der Waals surface area (Å²) in [7, 11) is 0. The van der Waals surface area contributed by atoms with Gasteiger partial charge in [-0.1, -0.05) is 5.21 Å². The average molecular weight is 263 g/mol. The molecule has 0 radical (unpaired) electrons. The van der Waals surface area contributed by atoms with Crippen LogP contribution in [0.25, 0.3) is 11.0 Å². The molecular weight excluding hydrogens is 250 g/mol. The summed E-state index contributed by atoms with van der Waals surface area (Å²) >= 11 is 0. The number of aromatic nitrogens is 3. The number of hydrogen-bond acceptors (Lipinski definition) is 5. The van der Waals surface area contributed by atoms with Gasteiger partial charge in [0.25, 0.3) is 0 Å². The van der Waals surface area contributed by atoms with Crippen LogP contribution in [0.15, 0.2) is 18.2 Å². The van der Waals surface area contributed by atoms with Crippen molar-refractivity contribution in [3.05, 3.63) is 23.8 Å². The van der Waals surface area contributed by atoms with E-state index in [9.17, 15) is 9.59 Å². The third kappa shape index (κ3) is 2.40. The fraction of sp³-hybridized carbons (Fsp3) is 0.333. The van der Waals surface area contributed by atoms with Crippen molar-refractivity contribution in [1.82, 2.24) is 15.0 Å². The Balaban J connectivity index is 2.40. The zero-order valence-electron chi connectivity index (χ0n) is 10.5. The number of fused-ring (bicyclic) bond motifs is 1. The minimum atomic E-state index is -1.03. The number of rotatable bonds is 4. The van der Waals surface area contributed by atoms with Crippen LogP contribution in [0.4, 0.5) is 0 Å². The Morgan fingerprint density at radius 2 is 2.21 bits per heavy atom. The van der Waals surface area contributed by atoms with Gasteiger partial charge in [-0.25, -0.2) is 14.3 Å². The zero-order valence-corrected chi connectivity index (χ0v) is 10.5. The SMILES string of the molecule is CCOC(=O)C(C)n1nnc2cc(C(=O)O)ccc21. The van der Waals surface area contributed by atoms with E-state index >= 15 is 0 Å². The van der Waals surface area contributed by atoms with Gasteiger partial charge in [0.15, 0.2) is 0 Å². The highest BCUT2D eigenvalue weighted by atomic mass is 16.5. The minimum Gasteiger partial charge on any atom is -0.478 e. The second-order valence-corrected chi connectivity index (χ2v) is 3.97. The van der Waals surface area contributed by atoms with Crippen LogP contribution in [0.5, 0.6) is 0 Å². The van der Waals surface area contributed by atoms with Crippen molar-refractivity contribution in [1.29, 1.82) is 0 Å². The predicted molar refractivity (Wildman–Crippen MR) is 65.8 cm³/mol. The lowest BCUT2D eigenvalue weighted by atomic mass is 10.2. The first kappa shape index (κ1) is 13.0. The Morgan fingerprint density at radius 3 is 2.84 bits per heavy atom. The van der Waals surface area contributed by atoms with Crippen molar-refractivity contribution in [2.75, 3.05) is 6.61 Å². The van der Waals surface area contributed by atoms with Gasteiger partial charge in [0, 0.05) is 0 Å². The molecule has 1 atom stereocenters. The van der Waals surface area contributed by atoms with Gasteiger partial charge in [0.2, 0.25) is 0 Å². The molecule has 0 saturated heterocycles. The summed E-state index contributed by atoms with van der Waals surface area (Å²) in [6.07, 6.45) is 0. The molecule has 0 bridgehead atoms. The van der Waals surface area contributed by atoms with Crippen LogP contribution in [-0.4, -0.2) is 38.6 Å².